The van der Waals surface area contributed by atoms with E-state index in [1.807, 2.05) is 13.1 Å². The first kappa shape index (κ1) is 31.6. The molecule has 1 saturated carbocycles. The van der Waals surface area contributed by atoms with Gasteiger partial charge in [-0.1, -0.05) is 25.0 Å². The van der Waals surface area contributed by atoms with Gasteiger partial charge in [-0.15, -0.1) is 0 Å². The number of likely N-dealkylation sites (tertiary alicyclic amines) is 2. The summed E-state index contributed by atoms with van der Waals surface area (Å²) in [7, 11) is -0.0726. The van der Waals surface area contributed by atoms with Crippen molar-refractivity contribution in [1.82, 2.24) is 9.80 Å². The zero-order valence-corrected chi connectivity index (χ0v) is 24.0. The number of carbonyl (C=O) groups is 1. The van der Waals surface area contributed by atoms with Gasteiger partial charge < -0.3 is 10.0 Å². The van der Waals surface area contributed by atoms with Crippen LogP contribution in [0, 0.1) is 40.9 Å². The van der Waals surface area contributed by atoms with Crippen LogP contribution < -0.4 is 0 Å². The molecular formula is C30H37F5N2O3S. The maximum atomic E-state index is 13.5. The van der Waals surface area contributed by atoms with Crippen molar-refractivity contribution in [1.29, 1.82) is 0 Å². The summed E-state index contributed by atoms with van der Waals surface area (Å²) in [5.74, 6) is -5.89. The topological polar surface area (TPSA) is 60.9 Å². The Labute approximate surface area is 240 Å². The van der Waals surface area contributed by atoms with Gasteiger partial charge >= 0.3 is 5.97 Å². The number of rotatable bonds is 9. The molecule has 226 valence electrons. The van der Waals surface area contributed by atoms with Crippen molar-refractivity contribution < 1.29 is 36.1 Å². The molecule has 3 unspecified atom stereocenters. The summed E-state index contributed by atoms with van der Waals surface area (Å²) in [5, 5.41) is 9.41. The highest BCUT2D eigenvalue weighted by Crippen LogP contribution is 2.37. The second-order valence-corrected chi connectivity index (χ2v) is 13.0. The molecule has 5 nitrogen and oxygen atoms in total. The van der Waals surface area contributed by atoms with Crippen molar-refractivity contribution in [3.8, 4) is 0 Å². The molecule has 3 aliphatic rings. The summed E-state index contributed by atoms with van der Waals surface area (Å²) >= 11 is 0. The van der Waals surface area contributed by atoms with Crippen LogP contribution in [0.4, 0.5) is 22.0 Å². The van der Waals surface area contributed by atoms with Crippen LogP contribution in [-0.2, 0) is 15.6 Å². The van der Waals surface area contributed by atoms with Gasteiger partial charge in [0.25, 0.3) is 0 Å². The van der Waals surface area contributed by atoms with E-state index in [9.17, 15) is 36.1 Å². The Balaban J connectivity index is 0.000000189. The lowest BCUT2D eigenvalue weighted by molar-refractivity contribution is -0.143. The number of benzene rings is 2. The highest BCUT2D eigenvalue weighted by molar-refractivity contribution is 7.85. The van der Waals surface area contributed by atoms with Gasteiger partial charge in [-0.25, -0.2) is 22.0 Å². The Morgan fingerprint density at radius 2 is 1.61 bits per heavy atom. The van der Waals surface area contributed by atoms with Gasteiger partial charge in [0.05, 0.1) is 10.8 Å². The molecule has 41 heavy (non-hydrogen) atoms. The monoisotopic (exact) mass is 600 g/mol. The van der Waals surface area contributed by atoms with E-state index in [-0.39, 0.29) is 29.6 Å². The van der Waals surface area contributed by atoms with Crippen LogP contribution in [0.15, 0.2) is 35.2 Å². The normalized spacial score (nSPS) is 21.8. The van der Waals surface area contributed by atoms with E-state index in [0.29, 0.717) is 18.3 Å². The highest BCUT2D eigenvalue weighted by Gasteiger charge is 2.37. The Kier molecular flexibility index (Phi) is 10.9. The molecule has 2 aromatic rings. The summed E-state index contributed by atoms with van der Waals surface area (Å²) in [6, 6.07) is 6.46. The molecule has 2 aliphatic heterocycles. The van der Waals surface area contributed by atoms with E-state index in [1.54, 1.807) is 12.1 Å². The molecule has 0 bridgehead atoms. The fraction of sp³-hybridized carbons (Fsp3) is 0.567. The quantitative estimate of drug-likeness (QED) is 0.285. The number of carboxylic acids is 1. The molecule has 5 rings (SSSR count). The molecule has 2 heterocycles. The number of halogens is 5. The first-order valence-electron chi connectivity index (χ1n) is 14.2. The minimum atomic E-state index is -2.08. The molecule has 3 atom stereocenters. The predicted molar refractivity (Wildman–Crippen MR) is 146 cm³/mol. The Bertz CT molecular complexity index is 1210. The van der Waals surface area contributed by atoms with Gasteiger partial charge in [0.1, 0.15) is 16.8 Å². The molecule has 1 aliphatic carbocycles. The summed E-state index contributed by atoms with van der Waals surface area (Å²) in [6.07, 6.45) is 6.41. The summed E-state index contributed by atoms with van der Waals surface area (Å²) < 4.78 is 78.5. The molecule has 0 spiro atoms. The van der Waals surface area contributed by atoms with Gasteiger partial charge in [-0.2, -0.15) is 0 Å². The van der Waals surface area contributed by atoms with E-state index in [2.05, 4.69) is 9.80 Å². The largest absolute Gasteiger partial charge is 0.480 e. The van der Waals surface area contributed by atoms with Crippen LogP contribution in [0.1, 0.15) is 56.4 Å². The summed E-state index contributed by atoms with van der Waals surface area (Å²) in [6.45, 7) is 3.38. The summed E-state index contributed by atoms with van der Waals surface area (Å²) in [5.41, 5.74) is 0.989. The first-order valence-corrected chi connectivity index (χ1v) is 15.5. The number of piperidine rings is 1. The minimum Gasteiger partial charge on any atom is -0.480 e. The number of carboxylic acid groups (broad SMARTS) is 1. The molecular weight excluding hydrogens is 563 g/mol. The SMILES string of the molecule is CN1CCC(CCS(=O)c2c(F)c(F)cc(F)c2F)CC1.O=C(O)C(CC1CC1)N1CCC(c2cccc(F)c2)C1. The van der Waals surface area contributed by atoms with Gasteiger partial charge in [-0.05, 0) is 94.2 Å². The first-order chi connectivity index (χ1) is 19.5. The fourth-order valence-corrected chi connectivity index (χ4v) is 7.00. The van der Waals surface area contributed by atoms with E-state index in [1.165, 1.54) is 18.9 Å². The molecule has 11 heteroatoms. The lowest BCUT2D eigenvalue weighted by atomic mass is 9.95. The van der Waals surface area contributed by atoms with Gasteiger partial charge in [-0.3, -0.25) is 13.9 Å². The molecule has 2 saturated heterocycles. The Morgan fingerprint density at radius 3 is 2.20 bits per heavy atom. The molecule has 0 amide bonds. The fourth-order valence-electron chi connectivity index (χ4n) is 5.66. The lowest BCUT2D eigenvalue weighted by Gasteiger charge is -2.28. The van der Waals surface area contributed by atoms with Crippen LogP contribution in [0.3, 0.4) is 0 Å². The predicted octanol–water partition coefficient (Wildman–Crippen LogP) is 5.95. The van der Waals surface area contributed by atoms with E-state index in [0.717, 1.165) is 57.4 Å². The smallest absolute Gasteiger partial charge is 0.320 e. The molecule has 2 aromatic carbocycles. The molecule has 0 radical (unpaired) electrons. The number of hydrogen-bond acceptors (Lipinski definition) is 4. The minimum absolute atomic E-state index is 0.00507. The molecule has 1 N–H and O–H groups in total. The van der Waals surface area contributed by atoms with E-state index in [4.69, 9.17) is 0 Å². The number of hydrogen-bond donors (Lipinski definition) is 1. The third kappa shape index (κ3) is 8.58. The van der Waals surface area contributed by atoms with Crippen LogP contribution in [0.5, 0.6) is 0 Å². The van der Waals surface area contributed by atoms with E-state index < -0.39 is 44.9 Å². The zero-order chi connectivity index (χ0) is 29.7. The van der Waals surface area contributed by atoms with Crippen molar-refractivity contribution in [2.75, 3.05) is 39.0 Å². The maximum absolute atomic E-state index is 13.5. The van der Waals surface area contributed by atoms with Crippen molar-refractivity contribution in [3.63, 3.8) is 0 Å². The highest BCUT2D eigenvalue weighted by atomic mass is 32.2. The average molecular weight is 601 g/mol. The van der Waals surface area contributed by atoms with Crippen molar-refractivity contribution in [2.24, 2.45) is 11.8 Å². The molecule has 3 fully saturated rings. The van der Waals surface area contributed by atoms with Crippen molar-refractivity contribution in [3.05, 3.63) is 65.0 Å². The number of aliphatic carboxylic acids is 1. The zero-order valence-electron chi connectivity index (χ0n) is 23.1. The van der Waals surface area contributed by atoms with Gasteiger partial charge in [0, 0.05) is 18.4 Å². The van der Waals surface area contributed by atoms with Gasteiger partial charge in [0.15, 0.2) is 23.3 Å². The Morgan fingerprint density at radius 1 is 0.951 bits per heavy atom. The second kappa shape index (κ2) is 14.2. The second-order valence-electron chi connectivity index (χ2n) is 11.5. The van der Waals surface area contributed by atoms with Gasteiger partial charge in [0.2, 0.25) is 0 Å². The van der Waals surface area contributed by atoms with E-state index >= 15 is 0 Å². The lowest BCUT2D eigenvalue weighted by Crippen LogP contribution is -2.40. The van der Waals surface area contributed by atoms with Crippen molar-refractivity contribution in [2.45, 2.75) is 61.8 Å². The number of nitrogens with zero attached hydrogens (tertiary/aromatic N) is 2. The van der Waals surface area contributed by atoms with Crippen LogP contribution in [-0.4, -0.2) is 70.1 Å². The third-order valence-corrected chi connectivity index (χ3v) is 9.79. The standard InChI is InChI=1S/C16H20FNO2.C14H17F4NOS/c17-14-3-1-2-12(9-14)13-6-7-18(10-13)15(16(19)20)8-11-4-5-11;1-19-5-2-9(3-6-19)4-7-21(20)14-12(17)10(15)8-11(16)13(14)18/h1-3,9,11,13,15H,4-8,10H2,(H,19,20);8-9H,2-7H2,1H3. The molecule has 0 aromatic heterocycles. The average Bonchev–Trinajstić information content (AvgIpc) is 3.64. The maximum Gasteiger partial charge on any atom is 0.320 e. The van der Waals surface area contributed by atoms with Crippen molar-refractivity contribution >= 4 is 16.8 Å². The third-order valence-electron chi connectivity index (χ3n) is 8.37. The van der Waals surface area contributed by atoms with Crippen LogP contribution in [0.2, 0.25) is 0 Å². The van der Waals surface area contributed by atoms with Crippen LogP contribution >= 0.6 is 0 Å². The summed E-state index contributed by atoms with van der Waals surface area (Å²) in [4.78, 5) is 14.7. The Hall–Kier alpha value is -2.37. The van der Waals surface area contributed by atoms with Crippen LogP contribution in [0.25, 0.3) is 0 Å².